The largest absolute Gasteiger partial charge is 0.469 e. The van der Waals surface area contributed by atoms with Crippen LogP contribution in [-0.4, -0.2) is 52.3 Å². The molecule has 0 radical (unpaired) electrons. The number of aromatic nitrogens is 2. The summed E-state index contributed by atoms with van der Waals surface area (Å²) in [5, 5.41) is 0.943. The maximum absolute atomic E-state index is 12.9. The number of ether oxygens (including phenoxy) is 1. The second-order valence-corrected chi connectivity index (χ2v) is 8.01. The fraction of sp³-hybridized carbons (Fsp3) is 0.500. The van der Waals surface area contributed by atoms with E-state index >= 15 is 0 Å². The molecule has 1 amide bonds. The molecule has 2 heterocycles. The van der Waals surface area contributed by atoms with Crippen molar-refractivity contribution in [1.29, 1.82) is 0 Å². The van der Waals surface area contributed by atoms with Crippen LogP contribution in [0.15, 0.2) is 34.2 Å². The molecule has 0 bridgehead atoms. The second kappa shape index (κ2) is 9.23. The zero-order chi connectivity index (χ0) is 20.1. The van der Waals surface area contributed by atoms with Crippen LogP contribution in [0.3, 0.4) is 0 Å². The van der Waals surface area contributed by atoms with Gasteiger partial charge in [-0.25, -0.2) is 4.98 Å². The SMILES string of the molecule is COC(=O)CCn1c(SCC(=O)N2CCCC(C)C2)nc2ccccc2c1=O. The number of likely N-dealkylation sites (tertiary alicyclic amines) is 1. The molecule has 0 N–H and O–H groups in total. The van der Waals surface area contributed by atoms with E-state index in [0.29, 0.717) is 22.0 Å². The maximum Gasteiger partial charge on any atom is 0.307 e. The molecule has 1 aliphatic rings. The van der Waals surface area contributed by atoms with Crippen molar-refractivity contribution in [2.24, 2.45) is 5.92 Å². The van der Waals surface area contributed by atoms with Crippen molar-refractivity contribution in [2.75, 3.05) is 26.0 Å². The van der Waals surface area contributed by atoms with Crippen molar-refractivity contribution in [1.82, 2.24) is 14.5 Å². The Morgan fingerprint density at radius 3 is 2.86 bits per heavy atom. The van der Waals surface area contributed by atoms with E-state index in [4.69, 9.17) is 0 Å². The van der Waals surface area contributed by atoms with E-state index in [1.165, 1.54) is 23.4 Å². The predicted molar refractivity (Wildman–Crippen MR) is 108 cm³/mol. The maximum atomic E-state index is 12.9. The van der Waals surface area contributed by atoms with Crippen LogP contribution in [0.5, 0.6) is 0 Å². The Hall–Kier alpha value is -2.35. The molecular weight excluding hydrogens is 378 g/mol. The third-order valence-electron chi connectivity index (χ3n) is 4.93. The molecule has 1 atom stereocenters. The molecule has 2 aromatic rings. The van der Waals surface area contributed by atoms with Crippen molar-refractivity contribution >= 4 is 34.5 Å². The van der Waals surface area contributed by atoms with Crippen molar-refractivity contribution in [3.63, 3.8) is 0 Å². The number of benzene rings is 1. The van der Waals surface area contributed by atoms with E-state index < -0.39 is 5.97 Å². The standard InChI is InChI=1S/C20H25N3O4S/c1-14-6-5-10-22(12-14)17(24)13-28-20-21-16-8-4-3-7-15(16)19(26)23(20)11-9-18(25)27-2/h3-4,7-8,14H,5-6,9-13H2,1-2H3. The molecule has 150 valence electrons. The van der Waals surface area contributed by atoms with E-state index in [1.54, 1.807) is 18.2 Å². The number of fused-ring (bicyclic) bond motifs is 1. The average molecular weight is 404 g/mol. The smallest absolute Gasteiger partial charge is 0.307 e. The first kappa shape index (κ1) is 20.4. The van der Waals surface area contributed by atoms with E-state index in [9.17, 15) is 14.4 Å². The minimum atomic E-state index is -0.394. The number of rotatable bonds is 6. The van der Waals surface area contributed by atoms with Gasteiger partial charge in [-0.05, 0) is 30.9 Å². The first-order chi connectivity index (χ1) is 13.5. The summed E-state index contributed by atoms with van der Waals surface area (Å²) in [5.74, 6) is 0.392. The van der Waals surface area contributed by atoms with Gasteiger partial charge in [0.1, 0.15) is 0 Å². The number of para-hydroxylation sites is 1. The van der Waals surface area contributed by atoms with Gasteiger partial charge in [-0.3, -0.25) is 19.0 Å². The number of methoxy groups -OCH3 is 1. The molecule has 28 heavy (non-hydrogen) atoms. The highest BCUT2D eigenvalue weighted by Gasteiger charge is 2.22. The van der Waals surface area contributed by atoms with E-state index in [-0.39, 0.29) is 30.2 Å². The highest BCUT2D eigenvalue weighted by Crippen LogP contribution is 2.21. The summed E-state index contributed by atoms with van der Waals surface area (Å²) in [5.41, 5.74) is 0.374. The molecular formula is C20H25N3O4S. The van der Waals surface area contributed by atoms with Crippen molar-refractivity contribution < 1.29 is 14.3 Å². The van der Waals surface area contributed by atoms with Crippen molar-refractivity contribution in [3.05, 3.63) is 34.6 Å². The predicted octanol–water partition coefficient (Wildman–Crippen LogP) is 2.31. The summed E-state index contributed by atoms with van der Waals surface area (Å²) in [7, 11) is 1.32. The minimum Gasteiger partial charge on any atom is -0.469 e. The molecule has 1 unspecified atom stereocenters. The third kappa shape index (κ3) is 4.73. The number of carbonyl (C=O) groups is 2. The van der Waals surface area contributed by atoms with Gasteiger partial charge in [0.05, 0.1) is 30.2 Å². The summed E-state index contributed by atoms with van der Waals surface area (Å²) in [6, 6.07) is 7.10. The van der Waals surface area contributed by atoms with Gasteiger partial charge < -0.3 is 9.64 Å². The molecule has 3 rings (SSSR count). The lowest BCUT2D eigenvalue weighted by Gasteiger charge is -2.30. The normalized spacial score (nSPS) is 16.9. The third-order valence-corrected chi connectivity index (χ3v) is 5.89. The number of piperidine rings is 1. The van der Waals surface area contributed by atoms with Crippen LogP contribution in [0.2, 0.25) is 0 Å². The molecule has 1 fully saturated rings. The highest BCUT2D eigenvalue weighted by molar-refractivity contribution is 7.99. The molecule has 1 saturated heterocycles. The molecule has 0 spiro atoms. The molecule has 0 saturated carbocycles. The van der Waals surface area contributed by atoms with Gasteiger partial charge >= 0.3 is 5.97 Å². The van der Waals surface area contributed by atoms with E-state index in [0.717, 1.165) is 25.9 Å². The Kier molecular flexibility index (Phi) is 6.72. The fourth-order valence-electron chi connectivity index (χ4n) is 3.39. The Labute approximate surface area is 168 Å². The highest BCUT2D eigenvalue weighted by atomic mass is 32.2. The summed E-state index contributed by atoms with van der Waals surface area (Å²) >= 11 is 1.25. The molecule has 8 heteroatoms. The van der Waals surface area contributed by atoms with Gasteiger partial charge in [-0.1, -0.05) is 30.8 Å². The average Bonchev–Trinajstić information content (AvgIpc) is 2.71. The summed E-state index contributed by atoms with van der Waals surface area (Å²) in [6.45, 7) is 3.88. The van der Waals surface area contributed by atoms with Gasteiger partial charge in [-0.15, -0.1) is 0 Å². The molecule has 1 aromatic carbocycles. The quantitative estimate of drug-likeness (QED) is 0.418. The van der Waals surface area contributed by atoms with Gasteiger partial charge in [0.2, 0.25) is 5.91 Å². The minimum absolute atomic E-state index is 0.0541. The Morgan fingerprint density at radius 2 is 2.11 bits per heavy atom. The molecule has 0 aliphatic carbocycles. The summed E-state index contributed by atoms with van der Waals surface area (Å²) in [6.07, 6.45) is 2.24. The van der Waals surface area contributed by atoms with Crippen LogP contribution in [0.1, 0.15) is 26.2 Å². The van der Waals surface area contributed by atoms with Crippen LogP contribution in [0, 0.1) is 5.92 Å². The zero-order valence-corrected chi connectivity index (χ0v) is 17.0. The number of amides is 1. The summed E-state index contributed by atoms with van der Waals surface area (Å²) < 4.78 is 6.15. The molecule has 7 nitrogen and oxygen atoms in total. The lowest BCUT2D eigenvalue weighted by Crippen LogP contribution is -2.40. The number of thioether (sulfide) groups is 1. The van der Waals surface area contributed by atoms with Gasteiger partial charge in [-0.2, -0.15) is 0 Å². The summed E-state index contributed by atoms with van der Waals surface area (Å²) in [4.78, 5) is 43.5. The van der Waals surface area contributed by atoms with Crippen LogP contribution in [0.25, 0.3) is 10.9 Å². The van der Waals surface area contributed by atoms with E-state index in [2.05, 4.69) is 16.6 Å². The van der Waals surface area contributed by atoms with Gasteiger partial charge in [0.15, 0.2) is 5.16 Å². The number of nitrogens with zero attached hydrogens (tertiary/aromatic N) is 3. The Bertz CT molecular complexity index is 927. The number of hydrogen-bond donors (Lipinski definition) is 0. The lowest BCUT2D eigenvalue weighted by atomic mass is 10.0. The van der Waals surface area contributed by atoms with Crippen molar-refractivity contribution in [3.8, 4) is 0 Å². The molecule has 1 aromatic heterocycles. The first-order valence-electron chi connectivity index (χ1n) is 9.46. The Balaban J connectivity index is 1.82. The van der Waals surface area contributed by atoms with Crippen LogP contribution in [0.4, 0.5) is 0 Å². The van der Waals surface area contributed by atoms with Crippen molar-refractivity contribution in [2.45, 2.75) is 37.9 Å². The number of hydrogen-bond acceptors (Lipinski definition) is 6. The number of esters is 1. The van der Waals surface area contributed by atoms with Gasteiger partial charge in [0.25, 0.3) is 5.56 Å². The molecule has 1 aliphatic heterocycles. The van der Waals surface area contributed by atoms with Crippen LogP contribution < -0.4 is 5.56 Å². The van der Waals surface area contributed by atoms with Gasteiger partial charge in [0, 0.05) is 19.6 Å². The topological polar surface area (TPSA) is 81.5 Å². The van der Waals surface area contributed by atoms with Crippen LogP contribution >= 0.6 is 11.8 Å². The first-order valence-corrected chi connectivity index (χ1v) is 10.4. The lowest BCUT2D eigenvalue weighted by molar-refractivity contribution is -0.140. The van der Waals surface area contributed by atoms with E-state index in [1.807, 2.05) is 11.0 Å². The fourth-order valence-corrected chi connectivity index (χ4v) is 4.32. The number of carbonyl (C=O) groups excluding carboxylic acids is 2. The monoisotopic (exact) mass is 403 g/mol. The zero-order valence-electron chi connectivity index (χ0n) is 16.2. The Morgan fingerprint density at radius 1 is 1.32 bits per heavy atom. The second-order valence-electron chi connectivity index (χ2n) is 7.07. The van der Waals surface area contributed by atoms with Crippen LogP contribution in [-0.2, 0) is 20.9 Å².